The minimum absolute atomic E-state index is 0.0834. The second-order valence-corrected chi connectivity index (χ2v) is 7.21. The van der Waals surface area contributed by atoms with Crippen LogP contribution in [0.5, 0.6) is 0 Å². The summed E-state index contributed by atoms with van der Waals surface area (Å²) in [6, 6.07) is 5.50. The molecule has 0 amide bonds. The van der Waals surface area contributed by atoms with Gasteiger partial charge in [-0.3, -0.25) is 0 Å². The molecular weight excluding hydrogens is 234 g/mol. The largest absolute Gasteiger partial charge is 0.327 e. The summed E-state index contributed by atoms with van der Waals surface area (Å²) in [5.41, 5.74) is 8.36. The number of aryl methyl sites for hydroxylation is 1. The molecule has 1 aromatic rings. The maximum atomic E-state index is 11.5. The minimum Gasteiger partial charge on any atom is -0.327 e. The SMILES string of the molecule is Cc1cc(S(C)(=O)=O)ccc1C1(C(C)N)CC1. The summed E-state index contributed by atoms with van der Waals surface area (Å²) in [6.45, 7) is 3.99. The molecule has 94 valence electrons. The Morgan fingerprint density at radius 1 is 1.35 bits per heavy atom. The smallest absolute Gasteiger partial charge is 0.175 e. The molecule has 1 aliphatic rings. The Kier molecular flexibility index (Phi) is 2.83. The Balaban J connectivity index is 2.47. The van der Waals surface area contributed by atoms with Crippen molar-refractivity contribution in [3.63, 3.8) is 0 Å². The molecule has 0 aromatic heterocycles. The van der Waals surface area contributed by atoms with Gasteiger partial charge in [-0.1, -0.05) is 6.07 Å². The van der Waals surface area contributed by atoms with Crippen LogP contribution >= 0.6 is 0 Å². The van der Waals surface area contributed by atoms with Gasteiger partial charge in [0, 0.05) is 17.7 Å². The lowest BCUT2D eigenvalue weighted by molar-refractivity contribution is 0.553. The van der Waals surface area contributed by atoms with Gasteiger partial charge < -0.3 is 5.73 Å². The van der Waals surface area contributed by atoms with Gasteiger partial charge in [0.25, 0.3) is 0 Å². The van der Waals surface area contributed by atoms with Crippen molar-refractivity contribution in [3.8, 4) is 0 Å². The molecule has 2 N–H and O–H groups in total. The highest BCUT2D eigenvalue weighted by molar-refractivity contribution is 7.90. The second kappa shape index (κ2) is 3.82. The first-order chi connectivity index (χ1) is 7.77. The molecule has 0 spiro atoms. The van der Waals surface area contributed by atoms with Crippen molar-refractivity contribution in [2.45, 2.75) is 43.0 Å². The first kappa shape index (κ1) is 12.6. The Morgan fingerprint density at radius 3 is 2.29 bits per heavy atom. The highest BCUT2D eigenvalue weighted by Crippen LogP contribution is 2.51. The number of benzene rings is 1. The number of hydrogen-bond acceptors (Lipinski definition) is 3. The van der Waals surface area contributed by atoms with E-state index < -0.39 is 9.84 Å². The van der Waals surface area contributed by atoms with E-state index >= 15 is 0 Å². The Bertz CT molecular complexity index is 543. The summed E-state index contributed by atoms with van der Waals surface area (Å²) < 4.78 is 22.9. The summed E-state index contributed by atoms with van der Waals surface area (Å²) >= 11 is 0. The lowest BCUT2D eigenvalue weighted by Gasteiger charge is -2.22. The van der Waals surface area contributed by atoms with E-state index in [-0.39, 0.29) is 11.5 Å². The zero-order valence-corrected chi connectivity index (χ0v) is 11.3. The third-order valence-electron chi connectivity index (χ3n) is 3.82. The molecule has 17 heavy (non-hydrogen) atoms. The van der Waals surface area contributed by atoms with Gasteiger partial charge in [0.1, 0.15) is 0 Å². The Morgan fingerprint density at radius 2 is 1.94 bits per heavy atom. The van der Waals surface area contributed by atoms with Crippen LogP contribution in [0.3, 0.4) is 0 Å². The summed E-state index contributed by atoms with van der Waals surface area (Å²) in [5.74, 6) is 0. The van der Waals surface area contributed by atoms with Crippen molar-refractivity contribution in [1.29, 1.82) is 0 Å². The van der Waals surface area contributed by atoms with E-state index in [0.29, 0.717) is 4.90 Å². The topological polar surface area (TPSA) is 60.2 Å². The third-order valence-corrected chi connectivity index (χ3v) is 4.93. The van der Waals surface area contributed by atoms with Gasteiger partial charge in [0.05, 0.1) is 4.90 Å². The van der Waals surface area contributed by atoms with Crippen LogP contribution < -0.4 is 5.73 Å². The average molecular weight is 253 g/mol. The lowest BCUT2D eigenvalue weighted by Crippen LogP contribution is -2.32. The van der Waals surface area contributed by atoms with Gasteiger partial charge >= 0.3 is 0 Å². The number of rotatable bonds is 3. The zero-order chi connectivity index (χ0) is 12.8. The molecule has 1 saturated carbocycles. The van der Waals surface area contributed by atoms with E-state index in [9.17, 15) is 8.42 Å². The molecule has 0 radical (unpaired) electrons. The number of nitrogens with two attached hydrogens (primary N) is 1. The van der Waals surface area contributed by atoms with Gasteiger partial charge in [-0.2, -0.15) is 0 Å². The maximum absolute atomic E-state index is 11.5. The van der Waals surface area contributed by atoms with Gasteiger partial charge in [-0.15, -0.1) is 0 Å². The van der Waals surface area contributed by atoms with Crippen LogP contribution in [0.15, 0.2) is 23.1 Å². The molecule has 1 unspecified atom stereocenters. The highest BCUT2D eigenvalue weighted by Gasteiger charge is 2.48. The van der Waals surface area contributed by atoms with Crippen molar-refractivity contribution < 1.29 is 8.42 Å². The van der Waals surface area contributed by atoms with Crippen molar-refractivity contribution in [3.05, 3.63) is 29.3 Å². The fourth-order valence-electron chi connectivity index (χ4n) is 2.53. The summed E-state index contributed by atoms with van der Waals surface area (Å²) in [4.78, 5) is 0.388. The van der Waals surface area contributed by atoms with Crippen LogP contribution in [0, 0.1) is 6.92 Å². The van der Waals surface area contributed by atoms with Gasteiger partial charge in [-0.05, 0) is 49.9 Å². The molecule has 1 aromatic carbocycles. The monoisotopic (exact) mass is 253 g/mol. The van der Waals surface area contributed by atoms with Crippen LogP contribution in [0.1, 0.15) is 30.9 Å². The summed E-state index contributed by atoms with van der Waals surface area (Å²) in [7, 11) is -3.12. The maximum Gasteiger partial charge on any atom is 0.175 e. The molecule has 0 bridgehead atoms. The van der Waals surface area contributed by atoms with E-state index in [0.717, 1.165) is 18.4 Å². The van der Waals surface area contributed by atoms with Gasteiger partial charge in [0.2, 0.25) is 0 Å². The quantitative estimate of drug-likeness (QED) is 0.893. The first-order valence-corrected chi connectivity index (χ1v) is 7.73. The molecular formula is C13H19NO2S. The molecule has 2 rings (SSSR count). The molecule has 0 heterocycles. The Hall–Kier alpha value is -0.870. The number of hydrogen-bond donors (Lipinski definition) is 1. The van der Waals surface area contributed by atoms with Crippen LogP contribution in [0.4, 0.5) is 0 Å². The van der Waals surface area contributed by atoms with Crippen molar-refractivity contribution in [2.75, 3.05) is 6.26 Å². The van der Waals surface area contributed by atoms with E-state index in [1.54, 1.807) is 12.1 Å². The van der Waals surface area contributed by atoms with E-state index in [1.807, 2.05) is 19.9 Å². The third kappa shape index (κ3) is 2.11. The summed E-state index contributed by atoms with van der Waals surface area (Å²) in [6.07, 6.45) is 3.44. The standard InChI is InChI=1S/C13H19NO2S/c1-9-8-11(17(3,15)16)4-5-12(9)13(6-7-13)10(2)14/h4-5,8,10H,6-7,14H2,1-3H3. The lowest BCUT2D eigenvalue weighted by atomic mass is 9.86. The van der Waals surface area contributed by atoms with Crippen molar-refractivity contribution in [2.24, 2.45) is 5.73 Å². The minimum atomic E-state index is -3.12. The predicted octanol–water partition coefficient (Wildman–Crippen LogP) is 1.78. The fourth-order valence-corrected chi connectivity index (χ4v) is 3.24. The van der Waals surface area contributed by atoms with Crippen molar-refractivity contribution in [1.82, 2.24) is 0 Å². The van der Waals surface area contributed by atoms with Crippen LogP contribution in [-0.2, 0) is 15.3 Å². The molecule has 3 nitrogen and oxygen atoms in total. The van der Waals surface area contributed by atoms with Crippen LogP contribution in [-0.4, -0.2) is 20.7 Å². The van der Waals surface area contributed by atoms with E-state index in [4.69, 9.17) is 5.73 Å². The molecule has 4 heteroatoms. The number of sulfone groups is 1. The van der Waals surface area contributed by atoms with Crippen LogP contribution in [0.25, 0.3) is 0 Å². The molecule has 1 aliphatic carbocycles. The first-order valence-electron chi connectivity index (χ1n) is 5.84. The van der Waals surface area contributed by atoms with E-state index in [1.165, 1.54) is 11.8 Å². The Labute approximate surface area is 103 Å². The average Bonchev–Trinajstić information content (AvgIpc) is 2.96. The molecule has 0 saturated heterocycles. The van der Waals surface area contributed by atoms with Crippen LogP contribution in [0.2, 0.25) is 0 Å². The van der Waals surface area contributed by atoms with Gasteiger partial charge in [-0.25, -0.2) is 8.42 Å². The zero-order valence-electron chi connectivity index (χ0n) is 10.5. The predicted molar refractivity (Wildman–Crippen MR) is 68.9 cm³/mol. The van der Waals surface area contributed by atoms with Crippen molar-refractivity contribution >= 4 is 9.84 Å². The van der Waals surface area contributed by atoms with E-state index in [2.05, 4.69) is 0 Å². The summed E-state index contributed by atoms with van der Waals surface area (Å²) in [5, 5.41) is 0. The molecule has 1 fully saturated rings. The fraction of sp³-hybridized carbons (Fsp3) is 0.538. The second-order valence-electron chi connectivity index (χ2n) is 5.19. The molecule has 0 aliphatic heterocycles. The molecule has 1 atom stereocenters. The van der Waals surface area contributed by atoms with Gasteiger partial charge in [0.15, 0.2) is 9.84 Å². The highest BCUT2D eigenvalue weighted by atomic mass is 32.2. The normalized spacial score (nSPS) is 20.0.